The molecule has 1 aromatic carbocycles. The van der Waals surface area contributed by atoms with E-state index in [2.05, 4.69) is 57.9 Å². The third kappa shape index (κ3) is 3.99. The molecule has 0 unspecified atom stereocenters. The summed E-state index contributed by atoms with van der Waals surface area (Å²) >= 11 is 1.76. The van der Waals surface area contributed by atoms with Crippen LogP contribution in [0.3, 0.4) is 0 Å². The molecule has 0 aliphatic rings. The second-order valence-electron chi connectivity index (χ2n) is 5.82. The fourth-order valence-corrected chi connectivity index (χ4v) is 3.15. The smallest absolute Gasteiger partial charge is 0.191 e. The number of hydrogen-bond acceptors (Lipinski definition) is 4. The zero-order valence-electron chi connectivity index (χ0n) is 13.4. The van der Waals surface area contributed by atoms with Crippen molar-refractivity contribution in [3.05, 3.63) is 60.4 Å². The first kappa shape index (κ1) is 15.7. The second-order valence-corrected chi connectivity index (χ2v) is 6.81. The van der Waals surface area contributed by atoms with Crippen molar-refractivity contribution in [2.75, 3.05) is 5.75 Å². The highest BCUT2D eigenvalue weighted by Gasteiger charge is 2.15. The topological polar surface area (TPSA) is 43.6 Å². The van der Waals surface area contributed by atoms with Crippen LogP contribution in [0.1, 0.15) is 19.4 Å². The van der Waals surface area contributed by atoms with Gasteiger partial charge in [0.1, 0.15) is 0 Å². The summed E-state index contributed by atoms with van der Waals surface area (Å²) in [5.41, 5.74) is 2.29. The van der Waals surface area contributed by atoms with Crippen LogP contribution in [0, 0.1) is 5.92 Å². The molecule has 0 radical (unpaired) electrons. The Kier molecular flexibility index (Phi) is 5.08. The molecule has 5 heteroatoms. The molecule has 0 saturated heterocycles. The standard InChI is InChI=1S/C18H20N4S/c1-14(2)13-23-18-21-20-17(16-8-10-19-11-9-16)22(18)12-15-6-4-3-5-7-15/h3-11,14H,12-13H2,1-2H3. The van der Waals surface area contributed by atoms with Crippen LogP contribution in [-0.2, 0) is 6.54 Å². The fraction of sp³-hybridized carbons (Fsp3) is 0.278. The zero-order valence-corrected chi connectivity index (χ0v) is 14.2. The van der Waals surface area contributed by atoms with E-state index < -0.39 is 0 Å². The molecular formula is C18H20N4S. The van der Waals surface area contributed by atoms with Crippen molar-refractivity contribution in [3.8, 4) is 11.4 Å². The molecule has 0 bridgehead atoms. The van der Waals surface area contributed by atoms with Gasteiger partial charge in [-0.1, -0.05) is 55.9 Å². The predicted octanol–water partition coefficient (Wildman–Crippen LogP) is 4.14. The van der Waals surface area contributed by atoms with Crippen molar-refractivity contribution < 1.29 is 0 Å². The first-order valence-corrected chi connectivity index (χ1v) is 8.73. The maximum absolute atomic E-state index is 4.42. The van der Waals surface area contributed by atoms with Gasteiger partial charge in [0, 0.05) is 23.7 Å². The van der Waals surface area contributed by atoms with E-state index in [1.807, 2.05) is 18.2 Å². The molecule has 23 heavy (non-hydrogen) atoms. The average molecular weight is 324 g/mol. The number of hydrogen-bond donors (Lipinski definition) is 0. The molecule has 0 saturated carbocycles. The summed E-state index contributed by atoms with van der Waals surface area (Å²) in [7, 11) is 0. The largest absolute Gasteiger partial charge is 0.298 e. The fourth-order valence-electron chi connectivity index (χ4n) is 2.26. The van der Waals surface area contributed by atoms with Crippen LogP contribution in [-0.4, -0.2) is 25.5 Å². The SMILES string of the molecule is CC(C)CSc1nnc(-c2ccncc2)n1Cc1ccccc1. The molecule has 0 amide bonds. The number of rotatable bonds is 6. The molecule has 0 atom stereocenters. The van der Waals surface area contributed by atoms with Crippen molar-refractivity contribution in [1.29, 1.82) is 0 Å². The van der Waals surface area contributed by atoms with E-state index in [4.69, 9.17) is 0 Å². The van der Waals surface area contributed by atoms with Crippen LogP contribution in [0.5, 0.6) is 0 Å². The highest BCUT2D eigenvalue weighted by Crippen LogP contribution is 2.26. The molecule has 2 aromatic heterocycles. The van der Waals surface area contributed by atoms with Gasteiger partial charge < -0.3 is 0 Å². The minimum atomic E-state index is 0.617. The van der Waals surface area contributed by atoms with Gasteiger partial charge >= 0.3 is 0 Å². The maximum atomic E-state index is 4.42. The van der Waals surface area contributed by atoms with Crippen LogP contribution >= 0.6 is 11.8 Å². The van der Waals surface area contributed by atoms with Crippen molar-refractivity contribution in [2.24, 2.45) is 5.92 Å². The van der Waals surface area contributed by atoms with E-state index in [0.29, 0.717) is 5.92 Å². The molecule has 3 rings (SSSR count). The monoisotopic (exact) mass is 324 g/mol. The van der Waals surface area contributed by atoms with E-state index >= 15 is 0 Å². The van der Waals surface area contributed by atoms with Gasteiger partial charge in [0.25, 0.3) is 0 Å². The minimum absolute atomic E-state index is 0.617. The van der Waals surface area contributed by atoms with Crippen LogP contribution < -0.4 is 0 Å². The van der Waals surface area contributed by atoms with Crippen molar-refractivity contribution in [2.45, 2.75) is 25.5 Å². The summed E-state index contributed by atoms with van der Waals surface area (Å²) < 4.78 is 2.19. The Bertz CT molecular complexity index is 738. The van der Waals surface area contributed by atoms with Crippen molar-refractivity contribution in [3.63, 3.8) is 0 Å². The Morgan fingerprint density at radius 2 is 1.74 bits per heavy atom. The number of aromatic nitrogens is 4. The molecule has 3 aromatic rings. The summed E-state index contributed by atoms with van der Waals surface area (Å²) in [5, 5.41) is 9.81. The molecular weight excluding hydrogens is 304 g/mol. The Morgan fingerprint density at radius 1 is 1.00 bits per heavy atom. The Hall–Kier alpha value is -2.14. The van der Waals surface area contributed by atoms with Gasteiger partial charge in [0.15, 0.2) is 11.0 Å². The van der Waals surface area contributed by atoms with Crippen LogP contribution in [0.25, 0.3) is 11.4 Å². The lowest BCUT2D eigenvalue weighted by atomic mass is 10.2. The second kappa shape index (κ2) is 7.42. The van der Waals surface area contributed by atoms with Gasteiger partial charge in [-0.3, -0.25) is 9.55 Å². The van der Waals surface area contributed by atoms with E-state index in [1.54, 1.807) is 24.2 Å². The van der Waals surface area contributed by atoms with Gasteiger partial charge in [-0.2, -0.15) is 0 Å². The summed E-state index contributed by atoms with van der Waals surface area (Å²) in [4.78, 5) is 4.09. The molecule has 2 heterocycles. The number of pyridine rings is 1. The number of thioether (sulfide) groups is 1. The molecule has 0 aliphatic heterocycles. The lowest BCUT2D eigenvalue weighted by Crippen LogP contribution is -2.05. The summed E-state index contributed by atoms with van der Waals surface area (Å²) in [6.07, 6.45) is 3.58. The first-order valence-electron chi connectivity index (χ1n) is 7.74. The van der Waals surface area contributed by atoms with Crippen LogP contribution in [0.2, 0.25) is 0 Å². The quantitative estimate of drug-likeness (QED) is 0.639. The van der Waals surface area contributed by atoms with Gasteiger partial charge in [0.2, 0.25) is 0 Å². The molecule has 0 aliphatic carbocycles. The van der Waals surface area contributed by atoms with Crippen LogP contribution in [0.15, 0.2) is 60.0 Å². The minimum Gasteiger partial charge on any atom is -0.298 e. The molecule has 0 spiro atoms. The van der Waals surface area contributed by atoms with Crippen molar-refractivity contribution >= 4 is 11.8 Å². The molecule has 0 N–H and O–H groups in total. The molecule has 4 nitrogen and oxygen atoms in total. The van der Waals surface area contributed by atoms with E-state index in [1.165, 1.54) is 5.56 Å². The van der Waals surface area contributed by atoms with E-state index in [0.717, 1.165) is 28.8 Å². The predicted molar refractivity (Wildman–Crippen MR) is 94.4 cm³/mol. The summed E-state index contributed by atoms with van der Waals surface area (Å²) in [6, 6.07) is 14.4. The maximum Gasteiger partial charge on any atom is 0.191 e. The van der Waals surface area contributed by atoms with Gasteiger partial charge in [0.05, 0.1) is 6.54 Å². The third-order valence-corrected chi connectivity index (χ3v) is 4.78. The van der Waals surface area contributed by atoms with Crippen LogP contribution in [0.4, 0.5) is 0 Å². The molecule has 118 valence electrons. The average Bonchev–Trinajstić information content (AvgIpc) is 2.97. The number of nitrogens with zero attached hydrogens (tertiary/aromatic N) is 4. The van der Waals surface area contributed by atoms with Gasteiger partial charge in [-0.25, -0.2) is 0 Å². The lowest BCUT2D eigenvalue weighted by Gasteiger charge is -2.11. The summed E-state index contributed by atoms with van der Waals surface area (Å²) in [5.74, 6) is 2.54. The molecule has 0 fully saturated rings. The third-order valence-electron chi connectivity index (χ3n) is 3.38. The van der Waals surface area contributed by atoms with Gasteiger partial charge in [-0.15, -0.1) is 10.2 Å². The van der Waals surface area contributed by atoms with E-state index in [-0.39, 0.29) is 0 Å². The van der Waals surface area contributed by atoms with Crippen molar-refractivity contribution in [1.82, 2.24) is 19.7 Å². The first-order chi connectivity index (χ1) is 11.2. The van der Waals surface area contributed by atoms with Gasteiger partial charge in [-0.05, 0) is 23.6 Å². The normalized spacial score (nSPS) is 11.1. The Morgan fingerprint density at radius 3 is 2.43 bits per heavy atom. The zero-order chi connectivity index (χ0) is 16.1. The Labute approximate surface area is 141 Å². The highest BCUT2D eigenvalue weighted by molar-refractivity contribution is 7.99. The lowest BCUT2D eigenvalue weighted by molar-refractivity contribution is 0.705. The summed E-state index contributed by atoms with van der Waals surface area (Å²) in [6.45, 7) is 5.20. The Balaban J connectivity index is 1.96. The van der Waals surface area contributed by atoms with E-state index in [9.17, 15) is 0 Å². The number of benzene rings is 1. The highest BCUT2D eigenvalue weighted by atomic mass is 32.2.